The average Bonchev–Trinajstić information content (AvgIpc) is 2.88. The predicted octanol–water partition coefficient (Wildman–Crippen LogP) is 2.67. The van der Waals surface area contributed by atoms with Crippen molar-refractivity contribution in [3.05, 3.63) is 17.0 Å². The number of aryl methyl sites for hydroxylation is 2. The second-order valence-electron chi connectivity index (χ2n) is 6.92. The maximum Gasteiger partial charge on any atom is 0.191 e. The molecular weight excluding hydrogens is 417 g/mol. The molecule has 0 saturated carbocycles. The zero-order valence-electron chi connectivity index (χ0n) is 16.2. The fourth-order valence-electron chi connectivity index (χ4n) is 2.77. The first-order chi connectivity index (χ1) is 10.8. The summed E-state index contributed by atoms with van der Waals surface area (Å²) in [5.74, 6) is 1.76. The zero-order chi connectivity index (χ0) is 17.5. The van der Waals surface area contributed by atoms with E-state index in [0.717, 1.165) is 48.9 Å². The molecule has 0 aliphatic heterocycles. The van der Waals surface area contributed by atoms with Gasteiger partial charge in [0.05, 0.1) is 5.69 Å². The van der Waals surface area contributed by atoms with Gasteiger partial charge in [0.15, 0.2) is 5.96 Å². The van der Waals surface area contributed by atoms with E-state index in [9.17, 15) is 0 Å². The highest BCUT2D eigenvalue weighted by molar-refractivity contribution is 14.0. The van der Waals surface area contributed by atoms with E-state index >= 15 is 0 Å². The van der Waals surface area contributed by atoms with Crippen LogP contribution in [0.15, 0.2) is 9.52 Å². The molecule has 24 heavy (non-hydrogen) atoms. The summed E-state index contributed by atoms with van der Waals surface area (Å²) < 4.78 is 5.40. The van der Waals surface area contributed by atoms with Crippen molar-refractivity contribution < 1.29 is 4.52 Å². The Morgan fingerprint density at radius 3 is 2.38 bits per heavy atom. The lowest BCUT2D eigenvalue weighted by Gasteiger charge is -2.29. The molecule has 1 heterocycles. The fourth-order valence-corrected chi connectivity index (χ4v) is 2.77. The van der Waals surface area contributed by atoms with Crippen LogP contribution in [-0.2, 0) is 19.4 Å². The molecule has 0 atom stereocenters. The van der Waals surface area contributed by atoms with Crippen molar-refractivity contribution in [2.75, 3.05) is 34.2 Å². The zero-order valence-corrected chi connectivity index (χ0v) is 18.5. The van der Waals surface area contributed by atoms with Gasteiger partial charge in [0.1, 0.15) is 5.76 Å². The van der Waals surface area contributed by atoms with Crippen LogP contribution >= 0.6 is 24.0 Å². The first-order valence-corrected chi connectivity index (χ1v) is 8.38. The molecule has 0 amide bonds. The molecule has 1 rings (SSSR count). The second-order valence-corrected chi connectivity index (χ2v) is 6.92. The quantitative estimate of drug-likeness (QED) is 0.362. The summed E-state index contributed by atoms with van der Waals surface area (Å²) in [6, 6.07) is 0. The number of guanidine groups is 1. The number of aromatic nitrogens is 1. The van der Waals surface area contributed by atoms with Crippen LogP contribution in [0.25, 0.3) is 0 Å². The molecular formula is C17H34IN5O. The number of hydrogen-bond donors (Lipinski definition) is 2. The Kier molecular flexibility index (Phi) is 10.5. The minimum absolute atomic E-state index is 0. The molecule has 0 bridgehead atoms. The Morgan fingerprint density at radius 1 is 1.21 bits per heavy atom. The van der Waals surface area contributed by atoms with Crippen LogP contribution in [0, 0.1) is 5.41 Å². The Labute approximate surface area is 163 Å². The lowest BCUT2D eigenvalue weighted by Crippen LogP contribution is -2.44. The van der Waals surface area contributed by atoms with Crippen LogP contribution in [-0.4, -0.2) is 50.2 Å². The molecule has 0 unspecified atom stereocenters. The van der Waals surface area contributed by atoms with Crippen molar-refractivity contribution in [3.63, 3.8) is 0 Å². The molecule has 2 N–H and O–H groups in total. The van der Waals surface area contributed by atoms with Crippen molar-refractivity contribution in [1.29, 1.82) is 0 Å². The highest BCUT2D eigenvalue weighted by Crippen LogP contribution is 2.16. The van der Waals surface area contributed by atoms with Gasteiger partial charge in [-0.1, -0.05) is 32.9 Å². The van der Waals surface area contributed by atoms with Crippen molar-refractivity contribution in [1.82, 2.24) is 20.7 Å². The standard InChI is InChI=1S/C17H33N5O.HI/c1-8-14-13(15(9-2)23-21-14)10-19-16(18-5)20-11-17(3,4)12-22(6)7;/h8-12H2,1-7H3,(H2,18,19,20);1H. The largest absolute Gasteiger partial charge is 0.361 e. The molecule has 0 saturated heterocycles. The van der Waals surface area contributed by atoms with E-state index in [1.54, 1.807) is 7.05 Å². The van der Waals surface area contributed by atoms with Gasteiger partial charge in [-0.25, -0.2) is 0 Å². The molecule has 0 aliphatic carbocycles. The van der Waals surface area contributed by atoms with Gasteiger partial charge in [-0.05, 0) is 25.9 Å². The lowest BCUT2D eigenvalue weighted by atomic mass is 9.93. The van der Waals surface area contributed by atoms with E-state index in [2.05, 4.69) is 67.5 Å². The molecule has 0 radical (unpaired) electrons. The maximum atomic E-state index is 5.40. The molecule has 140 valence electrons. The summed E-state index contributed by atoms with van der Waals surface area (Å²) in [6.45, 7) is 11.2. The smallest absolute Gasteiger partial charge is 0.191 e. The van der Waals surface area contributed by atoms with Crippen LogP contribution in [0.2, 0.25) is 0 Å². The summed E-state index contributed by atoms with van der Waals surface area (Å²) in [5.41, 5.74) is 2.35. The monoisotopic (exact) mass is 451 g/mol. The van der Waals surface area contributed by atoms with Crippen molar-refractivity contribution >= 4 is 29.9 Å². The fraction of sp³-hybridized carbons (Fsp3) is 0.765. The number of hydrogen-bond acceptors (Lipinski definition) is 4. The van der Waals surface area contributed by atoms with E-state index < -0.39 is 0 Å². The summed E-state index contributed by atoms with van der Waals surface area (Å²) in [7, 11) is 5.99. The third-order valence-electron chi connectivity index (χ3n) is 3.74. The van der Waals surface area contributed by atoms with Crippen molar-refractivity contribution in [2.24, 2.45) is 10.4 Å². The predicted molar refractivity (Wildman–Crippen MR) is 111 cm³/mol. The van der Waals surface area contributed by atoms with E-state index in [-0.39, 0.29) is 29.4 Å². The highest BCUT2D eigenvalue weighted by Gasteiger charge is 2.19. The van der Waals surface area contributed by atoms with Crippen molar-refractivity contribution in [2.45, 2.75) is 47.1 Å². The number of aliphatic imine (C=N–C) groups is 1. The van der Waals surface area contributed by atoms with Gasteiger partial charge in [-0.3, -0.25) is 4.99 Å². The summed E-state index contributed by atoms with van der Waals surface area (Å²) in [4.78, 5) is 6.51. The molecule has 0 aromatic carbocycles. The van der Waals surface area contributed by atoms with E-state index in [1.807, 2.05) is 0 Å². The Hall–Kier alpha value is -0.830. The van der Waals surface area contributed by atoms with Crippen LogP contribution in [0.5, 0.6) is 0 Å². The number of rotatable bonds is 8. The molecule has 0 fully saturated rings. The van der Waals surface area contributed by atoms with Gasteiger partial charge in [0, 0.05) is 38.7 Å². The van der Waals surface area contributed by atoms with Gasteiger partial charge >= 0.3 is 0 Å². The van der Waals surface area contributed by atoms with Gasteiger partial charge in [0.2, 0.25) is 0 Å². The topological polar surface area (TPSA) is 65.7 Å². The summed E-state index contributed by atoms with van der Waals surface area (Å²) in [6.07, 6.45) is 1.73. The molecule has 6 nitrogen and oxygen atoms in total. The summed E-state index contributed by atoms with van der Waals surface area (Å²) >= 11 is 0. The van der Waals surface area contributed by atoms with E-state index in [1.165, 1.54) is 0 Å². The normalized spacial score (nSPS) is 12.2. The third-order valence-corrected chi connectivity index (χ3v) is 3.74. The Morgan fingerprint density at radius 2 is 1.88 bits per heavy atom. The van der Waals surface area contributed by atoms with E-state index in [0.29, 0.717) is 6.54 Å². The number of halogens is 1. The van der Waals surface area contributed by atoms with Crippen LogP contribution in [0.3, 0.4) is 0 Å². The summed E-state index contributed by atoms with van der Waals surface area (Å²) in [5, 5.41) is 10.9. The second kappa shape index (κ2) is 10.9. The Bertz CT molecular complexity index is 490. The molecule has 7 heteroatoms. The first-order valence-electron chi connectivity index (χ1n) is 8.38. The minimum atomic E-state index is 0. The van der Waals surface area contributed by atoms with Crippen molar-refractivity contribution in [3.8, 4) is 0 Å². The molecule has 1 aromatic rings. The van der Waals surface area contributed by atoms with Crippen LogP contribution in [0.1, 0.15) is 44.7 Å². The maximum absolute atomic E-state index is 5.40. The number of nitrogens with zero attached hydrogens (tertiary/aromatic N) is 3. The highest BCUT2D eigenvalue weighted by atomic mass is 127. The lowest BCUT2D eigenvalue weighted by molar-refractivity contribution is 0.241. The molecule has 1 aromatic heterocycles. The average molecular weight is 451 g/mol. The van der Waals surface area contributed by atoms with Gasteiger partial charge in [-0.2, -0.15) is 0 Å². The number of nitrogens with one attached hydrogen (secondary N) is 2. The van der Waals surface area contributed by atoms with Crippen LogP contribution < -0.4 is 10.6 Å². The molecule has 0 spiro atoms. The van der Waals surface area contributed by atoms with Gasteiger partial charge < -0.3 is 20.1 Å². The SMILES string of the molecule is CCc1noc(CC)c1CNC(=NC)NCC(C)(C)CN(C)C.I. The van der Waals surface area contributed by atoms with Gasteiger partial charge in [0.25, 0.3) is 0 Å². The minimum Gasteiger partial charge on any atom is -0.361 e. The Balaban J connectivity index is 0.00000529. The van der Waals surface area contributed by atoms with Gasteiger partial charge in [-0.15, -0.1) is 24.0 Å². The first kappa shape index (κ1) is 23.2. The van der Waals surface area contributed by atoms with Crippen LogP contribution in [0.4, 0.5) is 0 Å². The molecule has 0 aliphatic rings. The van der Waals surface area contributed by atoms with E-state index in [4.69, 9.17) is 4.52 Å². The third kappa shape index (κ3) is 7.38.